The lowest BCUT2D eigenvalue weighted by molar-refractivity contribution is 0.0786. The number of piperazine rings is 1. The van der Waals surface area contributed by atoms with E-state index in [4.69, 9.17) is 23.2 Å². The lowest BCUT2D eigenvalue weighted by Crippen LogP contribution is -2.51. The van der Waals surface area contributed by atoms with Crippen LogP contribution in [0.15, 0.2) is 18.2 Å². The molecule has 1 saturated heterocycles. The van der Waals surface area contributed by atoms with Gasteiger partial charge in [0.05, 0.1) is 11.6 Å². The summed E-state index contributed by atoms with van der Waals surface area (Å²) in [6.45, 7) is 5.37. The SMILES string of the molecule is CC1CN(CC(=O)c2cc(Cl)ccc2Cl)CCN1C. The van der Waals surface area contributed by atoms with Crippen LogP contribution in [-0.2, 0) is 0 Å². The van der Waals surface area contributed by atoms with E-state index in [0.717, 1.165) is 19.6 Å². The summed E-state index contributed by atoms with van der Waals surface area (Å²) in [6, 6.07) is 5.48. The second kappa shape index (κ2) is 6.23. The van der Waals surface area contributed by atoms with Crippen LogP contribution in [0.2, 0.25) is 10.0 Å². The van der Waals surface area contributed by atoms with Crippen molar-refractivity contribution in [1.29, 1.82) is 0 Å². The number of likely N-dealkylation sites (N-methyl/N-ethyl adjacent to an activating group) is 1. The molecule has 3 nitrogen and oxygen atoms in total. The minimum absolute atomic E-state index is 0.0317. The van der Waals surface area contributed by atoms with Gasteiger partial charge >= 0.3 is 0 Å². The van der Waals surface area contributed by atoms with E-state index in [1.165, 1.54) is 0 Å². The summed E-state index contributed by atoms with van der Waals surface area (Å²) in [4.78, 5) is 16.7. The Hall–Kier alpha value is -0.610. The molecule has 1 heterocycles. The van der Waals surface area contributed by atoms with Crippen LogP contribution in [0.1, 0.15) is 17.3 Å². The molecular weight excluding hydrogens is 283 g/mol. The maximum absolute atomic E-state index is 12.3. The van der Waals surface area contributed by atoms with Gasteiger partial charge in [0.15, 0.2) is 5.78 Å². The van der Waals surface area contributed by atoms with E-state index in [9.17, 15) is 4.79 Å². The maximum atomic E-state index is 12.3. The minimum atomic E-state index is 0.0317. The first-order valence-corrected chi connectivity index (χ1v) is 7.14. The zero-order valence-corrected chi connectivity index (χ0v) is 12.7. The molecule has 1 atom stereocenters. The van der Waals surface area contributed by atoms with Crippen molar-refractivity contribution in [3.8, 4) is 0 Å². The number of hydrogen-bond donors (Lipinski definition) is 0. The summed E-state index contributed by atoms with van der Waals surface area (Å²) in [7, 11) is 2.11. The number of carbonyl (C=O) groups excluding carboxylic acids is 1. The Kier molecular flexibility index (Phi) is 4.85. The second-order valence-corrected chi connectivity index (χ2v) is 5.96. The number of halogens is 2. The molecule has 0 aromatic heterocycles. The topological polar surface area (TPSA) is 23.6 Å². The highest BCUT2D eigenvalue weighted by Gasteiger charge is 2.23. The highest BCUT2D eigenvalue weighted by atomic mass is 35.5. The standard InChI is InChI=1S/C14H18Cl2N2O/c1-10-8-18(6-5-17(10)2)9-14(19)12-7-11(15)3-4-13(12)16/h3-4,7,10H,5-6,8-9H2,1-2H3. The molecule has 19 heavy (non-hydrogen) atoms. The Morgan fingerprint density at radius 1 is 1.37 bits per heavy atom. The van der Waals surface area contributed by atoms with Gasteiger partial charge in [0.2, 0.25) is 0 Å². The molecule has 1 aromatic rings. The fourth-order valence-corrected chi connectivity index (χ4v) is 2.66. The van der Waals surface area contributed by atoms with Crippen molar-refractivity contribution >= 4 is 29.0 Å². The minimum Gasteiger partial charge on any atom is -0.301 e. The Bertz CT molecular complexity index is 479. The fraction of sp³-hybridized carbons (Fsp3) is 0.500. The van der Waals surface area contributed by atoms with E-state index < -0.39 is 0 Å². The van der Waals surface area contributed by atoms with Gasteiger partial charge in [-0.15, -0.1) is 0 Å². The molecule has 1 aromatic carbocycles. The van der Waals surface area contributed by atoms with Crippen molar-refractivity contribution in [2.75, 3.05) is 33.2 Å². The smallest absolute Gasteiger partial charge is 0.178 e. The molecule has 0 bridgehead atoms. The first kappa shape index (κ1) is 14.8. The number of ketones is 1. The van der Waals surface area contributed by atoms with Crippen LogP contribution in [0.4, 0.5) is 0 Å². The summed E-state index contributed by atoms with van der Waals surface area (Å²) >= 11 is 12.0. The van der Waals surface area contributed by atoms with Crippen LogP contribution in [0.25, 0.3) is 0 Å². The molecule has 0 radical (unpaired) electrons. The fourth-order valence-electron chi connectivity index (χ4n) is 2.27. The van der Waals surface area contributed by atoms with Crippen molar-refractivity contribution in [3.63, 3.8) is 0 Å². The normalized spacial score (nSPS) is 21.6. The molecule has 1 aliphatic rings. The van der Waals surface area contributed by atoms with E-state index >= 15 is 0 Å². The molecule has 0 saturated carbocycles. The Morgan fingerprint density at radius 3 is 2.79 bits per heavy atom. The zero-order valence-electron chi connectivity index (χ0n) is 11.2. The molecule has 0 aliphatic carbocycles. The molecule has 5 heteroatoms. The van der Waals surface area contributed by atoms with Crippen molar-refractivity contribution in [2.24, 2.45) is 0 Å². The maximum Gasteiger partial charge on any atom is 0.178 e. The molecular formula is C14H18Cl2N2O. The summed E-state index contributed by atoms with van der Waals surface area (Å²) in [5.74, 6) is 0.0317. The molecule has 1 fully saturated rings. The van der Waals surface area contributed by atoms with Gasteiger partial charge in [-0.3, -0.25) is 9.69 Å². The van der Waals surface area contributed by atoms with E-state index in [2.05, 4.69) is 23.8 Å². The largest absolute Gasteiger partial charge is 0.301 e. The van der Waals surface area contributed by atoms with Gasteiger partial charge < -0.3 is 4.90 Å². The van der Waals surface area contributed by atoms with Crippen LogP contribution in [0, 0.1) is 0 Å². The van der Waals surface area contributed by atoms with Crippen LogP contribution >= 0.6 is 23.2 Å². The first-order valence-electron chi connectivity index (χ1n) is 6.38. The summed E-state index contributed by atoms with van der Waals surface area (Å²) in [5, 5.41) is 1.01. The van der Waals surface area contributed by atoms with E-state index in [0.29, 0.717) is 28.2 Å². The third-order valence-corrected chi connectivity index (χ3v) is 4.20. The van der Waals surface area contributed by atoms with Crippen molar-refractivity contribution in [3.05, 3.63) is 33.8 Å². The molecule has 1 unspecified atom stereocenters. The van der Waals surface area contributed by atoms with Gasteiger partial charge in [-0.25, -0.2) is 0 Å². The number of rotatable bonds is 3. The molecule has 0 spiro atoms. The van der Waals surface area contributed by atoms with Gasteiger partial charge in [0.25, 0.3) is 0 Å². The van der Waals surface area contributed by atoms with Crippen molar-refractivity contribution < 1.29 is 4.79 Å². The van der Waals surface area contributed by atoms with E-state index in [-0.39, 0.29) is 5.78 Å². The molecule has 2 rings (SSSR count). The third kappa shape index (κ3) is 3.69. The van der Waals surface area contributed by atoms with Gasteiger partial charge in [-0.2, -0.15) is 0 Å². The number of Topliss-reactive ketones (excluding diaryl/α,β-unsaturated/α-hetero) is 1. The third-order valence-electron chi connectivity index (χ3n) is 3.64. The Labute approximate surface area is 124 Å². The predicted molar refractivity (Wildman–Crippen MR) is 79.3 cm³/mol. The molecule has 104 valence electrons. The summed E-state index contributed by atoms with van der Waals surface area (Å²) in [5.41, 5.74) is 0.515. The Morgan fingerprint density at radius 2 is 2.11 bits per heavy atom. The number of nitrogens with zero attached hydrogens (tertiary/aromatic N) is 2. The van der Waals surface area contributed by atoms with Crippen molar-refractivity contribution in [2.45, 2.75) is 13.0 Å². The lowest BCUT2D eigenvalue weighted by atomic mass is 10.1. The van der Waals surface area contributed by atoms with Gasteiger partial charge in [-0.05, 0) is 32.2 Å². The number of carbonyl (C=O) groups is 1. The van der Waals surface area contributed by atoms with E-state index in [1.807, 2.05) is 0 Å². The van der Waals surface area contributed by atoms with Crippen LogP contribution < -0.4 is 0 Å². The molecule has 0 N–H and O–H groups in total. The number of hydrogen-bond acceptors (Lipinski definition) is 3. The zero-order chi connectivity index (χ0) is 14.0. The van der Waals surface area contributed by atoms with Crippen LogP contribution in [0.3, 0.4) is 0 Å². The van der Waals surface area contributed by atoms with Gasteiger partial charge in [0, 0.05) is 36.3 Å². The summed E-state index contributed by atoms with van der Waals surface area (Å²) < 4.78 is 0. The van der Waals surface area contributed by atoms with Gasteiger partial charge in [0.1, 0.15) is 0 Å². The molecule has 1 aliphatic heterocycles. The summed E-state index contributed by atoms with van der Waals surface area (Å²) in [6.07, 6.45) is 0. The van der Waals surface area contributed by atoms with E-state index in [1.54, 1.807) is 18.2 Å². The average molecular weight is 301 g/mol. The van der Waals surface area contributed by atoms with Crippen molar-refractivity contribution in [1.82, 2.24) is 9.80 Å². The van der Waals surface area contributed by atoms with Crippen LogP contribution in [-0.4, -0.2) is 54.9 Å². The lowest BCUT2D eigenvalue weighted by Gasteiger charge is -2.37. The van der Waals surface area contributed by atoms with Gasteiger partial charge in [-0.1, -0.05) is 23.2 Å². The van der Waals surface area contributed by atoms with Crippen LogP contribution in [0.5, 0.6) is 0 Å². The highest BCUT2D eigenvalue weighted by molar-refractivity contribution is 6.36. The Balaban J connectivity index is 2.03. The first-order chi connectivity index (χ1) is 8.97. The quantitative estimate of drug-likeness (QED) is 0.802. The molecule has 0 amide bonds. The number of benzene rings is 1. The predicted octanol–water partition coefficient (Wildman–Crippen LogP) is 2.81. The second-order valence-electron chi connectivity index (χ2n) is 5.11. The monoisotopic (exact) mass is 300 g/mol. The highest BCUT2D eigenvalue weighted by Crippen LogP contribution is 2.21. The average Bonchev–Trinajstić information content (AvgIpc) is 2.36.